The van der Waals surface area contributed by atoms with Crippen molar-refractivity contribution in [3.05, 3.63) is 51.5 Å². The van der Waals surface area contributed by atoms with Gasteiger partial charge in [0.2, 0.25) is 0 Å². The summed E-state index contributed by atoms with van der Waals surface area (Å²) in [6.07, 6.45) is 0. The summed E-state index contributed by atoms with van der Waals surface area (Å²) in [5.74, 6) is 0. The molecule has 0 spiro atoms. The third kappa shape index (κ3) is 2.76. The van der Waals surface area contributed by atoms with Gasteiger partial charge in [0.25, 0.3) is 0 Å². The molecule has 0 amide bonds. The summed E-state index contributed by atoms with van der Waals surface area (Å²) in [4.78, 5) is 0. The summed E-state index contributed by atoms with van der Waals surface area (Å²) in [7, 11) is 0. The number of halogens is 2. The van der Waals surface area contributed by atoms with Crippen LogP contribution in [0.5, 0.6) is 0 Å². The van der Waals surface area contributed by atoms with E-state index >= 15 is 0 Å². The molecular weight excluding hydrogens is 314 g/mol. The molecule has 3 nitrogen and oxygen atoms in total. The molecule has 0 heterocycles. The summed E-state index contributed by atoms with van der Waals surface area (Å²) in [6.45, 7) is 0. The van der Waals surface area contributed by atoms with E-state index in [9.17, 15) is 0 Å². The first kappa shape index (κ1) is 12.7. The molecule has 0 saturated carbocycles. The van der Waals surface area contributed by atoms with Crippen LogP contribution in [0.25, 0.3) is 0 Å². The van der Waals surface area contributed by atoms with Gasteiger partial charge < -0.3 is 11.1 Å². The number of nitriles is 1. The van der Waals surface area contributed by atoms with E-state index in [1.54, 1.807) is 24.3 Å². The topological polar surface area (TPSA) is 61.8 Å². The van der Waals surface area contributed by atoms with E-state index in [2.05, 4.69) is 27.3 Å². The molecule has 0 saturated heterocycles. The Balaban J connectivity index is 2.40. The molecule has 0 aliphatic rings. The number of nitrogens with zero attached hydrogens (tertiary/aromatic N) is 1. The van der Waals surface area contributed by atoms with Crippen LogP contribution in [0.2, 0.25) is 5.02 Å². The highest BCUT2D eigenvalue weighted by atomic mass is 79.9. The molecule has 2 aromatic rings. The van der Waals surface area contributed by atoms with Gasteiger partial charge in [-0.15, -0.1) is 0 Å². The molecule has 5 heteroatoms. The minimum Gasteiger partial charge on any atom is -0.397 e. The van der Waals surface area contributed by atoms with E-state index in [0.29, 0.717) is 27.6 Å². The Labute approximate surface area is 118 Å². The second-order valence-electron chi connectivity index (χ2n) is 3.66. The maximum atomic E-state index is 9.08. The molecule has 0 aromatic heterocycles. The van der Waals surface area contributed by atoms with Crippen LogP contribution in [0.3, 0.4) is 0 Å². The zero-order chi connectivity index (χ0) is 13.1. The van der Waals surface area contributed by atoms with E-state index in [1.165, 1.54) is 0 Å². The molecule has 0 radical (unpaired) electrons. The highest BCUT2D eigenvalue weighted by Crippen LogP contribution is 2.29. The van der Waals surface area contributed by atoms with E-state index in [4.69, 9.17) is 22.6 Å². The number of anilines is 3. The first-order valence-electron chi connectivity index (χ1n) is 5.12. The molecule has 0 aliphatic carbocycles. The lowest BCUT2D eigenvalue weighted by Crippen LogP contribution is -1.98. The fraction of sp³-hybridized carbons (Fsp3) is 0. The second-order valence-corrected chi connectivity index (χ2v) is 5.01. The van der Waals surface area contributed by atoms with Crippen LogP contribution in [0, 0.1) is 11.3 Å². The molecule has 18 heavy (non-hydrogen) atoms. The number of nitrogens with two attached hydrogens (primary N) is 1. The van der Waals surface area contributed by atoms with Crippen LogP contribution in [0.15, 0.2) is 40.9 Å². The normalized spacial score (nSPS) is 9.83. The Bertz CT molecular complexity index is 635. The lowest BCUT2D eigenvalue weighted by Gasteiger charge is -2.11. The van der Waals surface area contributed by atoms with Crippen LogP contribution >= 0.6 is 27.5 Å². The number of benzene rings is 2. The zero-order valence-corrected chi connectivity index (χ0v) is 11.6. The Morgan fingerprint density at radius 2 is 1.94 bits per heavy atom. The smallest absolute Gasteiger partial charge is 0.101 e. The van der Waals surface area contributed by atoms with Gasteiger partial charge in [-0.05, 0) is 36.4 Å². The fourth-order valence-electron chi connectivity index (χ4n) is 1.50. The third-order valence-corrected chi connectivity index (χ3v) is 3.12. The summed E-state index contributed by atoms with van der Waals surface area (Å²) in [5.41, 5.74) is 8.32. The highest BCUT2D eigenvalue weighted by molar-refractivity contribution is 9.10. The van der Waals surface area contributed by atoms with Crippen LogP contribution in [0.4, 0.5) is 17.1 Å². The standard InChI is InChI=1S/C13H9BrClN3/c14-9-1-4-12(8(5-9)7-16)18-13-6-10(15)2-3-11(13)17/h1-6,18H,17H2. The van der Waals surface area contributed by atoms with Crippen molar-refractivity contribution in [1.82, 2.24) is 0 Å². The first-order chi connectivity index (χ1) is 8.60. The monoisotopic (exact) mass is 321 g/mol. The third-order valence-electron chi connectivity index (χ3n) is 2.39. The van der Waals surface area contributed by atoms with Gasteiger partial charge in [-0.3, -0.25) is 0 Å². The van der Waals surface area contributed by atoms with Gasteiger partial charge in [0, 0.05) is 9.50 Å². The fourth-order valence-corrected chi connectivity index (χ4v) is 2.03. The van der Waals surface area contributed by atoms with Gasteiger partial charge in [-0.25, -0.2) is 0 Å². The summed E-state index contributed by atoms with van der Waals surface area (Å²) < 4.78 is 0.851. The summed E-state index contributed by atoms with van der Waals surface area (Å²) in [5, 5.41) is 12.8. The van der Waals surface area contributed by atoms with Gasteiger partial charge >= 0.3 is 0 Å². The van der Waals surface area contributed by atoms with Crippen LogP contribution in [0.1, 0.15) is 5.56 Å². The lowest BCUT2D eigenvalue weighted by molar-refractivity contribution is 1.45. The quantitative estimate of drug-likeness (QED) is 0.810. The Hall–Kier alpha value is -1.70. The van der Waals surface area contributed by atoms with Crippen molar-refractivity contribution < 1.29 is 0 Å². The van der Waals surface area contributed by atoms with E-state index < -0.39 is 0 Å². The van der Waals surface area contributed by atoms with Crippen molar-refractivity contribution in [2.45, 2.75) is 0 Å². The molecule has 2 aromatic carbocycles. The van der Waals surface area contributed by atoms with Crippen molar-refractivity contribution in [3.63, 3.8) is 0 Å². The number of rotatable bonds is 2. The van der Waals surface area contributed by atoms with Crippen LogP contribution < -0.4 is 11.1 Å². The number of hydrogen-bond donors (Lipinski definition) is 2. The Kier molecular flexibility index (Phi) is 3.75. The molecular formula is C13H9BrClN3. The molecule has 2 rings (SSSR count). The predicted molar refractivity (Wildman–Crippen MR) is 78.0 cm³/mol. The number of nitrogen functional groups attached to an aromatic ring is 1. The molecule has 0 fully saturated rings. The van der Waals surface area contributed by atoms with Gasteiger partial charge in [0.05, 0.1) is 22.6 Å². The Morgan fingerprint density at radius 3 is 2.67 bits per heavy atom. The lowest BCUT2D eigenvalue weighted by atomic mass is 10.2. The van der Waals surface area contributed by atoms with E-state index in [1.807, 2.05) is 12.1 Å². The summed E-state index contributed by atoms with van der Waals surface area (Å²) in [6, 6.07) is 12.7. The van der Waals surface area contributed by atoms with E-state index in [0.717, 1.165) is 4.47 Å². The van der Waals surface area contributed by atoms with Crippen LogP contribution in [-0.4, -0.2) is 0 Å². The Morgan fingerprint density at radius 1 is 1.17 bits per heavy atom. The van der Waals surface area contributed by atoms with Crippen molar-refractivity contribution in [1.29, 1.82) is 5.26 Å². The average Bonchev–Trinajstić information content (AvgIpc) is 2.36. The van der Waals surface area contributed by atoms with Gasteiger partial charge in [0.1, 0.15) is 6.07 Å². The van der Waals surface area contributed by atoms with Gasteiger partial charge in [-0.1, -0.05) is 27.5 Å². The van der Waals surface area contributed by atoms with Crippen LogP contribution in [-0.2, 0) is 0 Å². The first-order valence-corrected chi connectivity index (χ1v) is 6.29. The van der Waals surface area contributed by atoms with E-state index in [-0.39, 0.29) is 0 Å². The molecule has 0 bridgehead atoms. The van der Waals surface area contributed by atoms with Crippen molar-refractivity contribution in [2.24, 2.45) is 0 Å². The minimum absolute atomic E-state index is 0.531. The second kappa shape index (κ2) is 5.30. The van der Waals surface area contributed by atoms with Gasteiger partial charge in [-0.2, -0.15) is 5.26 Å². The van der Waals surface area contributed by atoms with Crippen molar-refractivity contribution in [2.75, 3.05) is 11.1 Å². The summed E-state index contributed by atoms with van der Waals surface area (Å²) >= 11 is 9.24. The molecule has 3 N–H and O–H groups in total. The molecule has 0 atom stereocenters. The SMILES string of the molecule is N#Cc1cc(Br)ccc1Nc1cc(Cl)ccc1N. The van der Waals surface area contributed by atoms with Crippen molar-refractivity contribution >= 4 is 44.6 Å². The average molecular weight is 323 g/mol. The zero-order valence-electron chi connectivity index (χ0n) is 9.24. The predicted octanol–water partition coefficient (Wildman–Crippen LogP) is 4.30. The van der Waals surface area contributed by atoms with Crippen molar-refractivity contribution in [3.8, 4) is 6.07 Å². The maximum absolute atomic E-state index is 9.08. The largest absolute Gasteiger partial charge is 0.397 e. The van der Waals surface area contributed by atoms with Gasteiger partial charge in [0.15, 0.2) is 0 Å². The minimum atomic E-state index is 0.531. The molecule has 0 unspecified atom stereocenters. The molecule has 90 valence electrons. The number of hydrogen-bond acceptors (Lipinski definition) is 3. The maximum Gasteiger partial charge on any atom is 0.101 e. The molecule has 0 aliphatic heterocycles. The highest BCUT2D eigenvalue weighted by Gasteiger charge is 2.06. The number of nitrogens with one attached hydrogen (secondary N) is 1.